The van der Waals surface area contributed by atoms with Crippen LogP contribution in [0, 0.1) is 13.8 Å². The third-order valence-corrected chi connectivity index (χ3v) is 6.25. The minimum atomic E-state index is -0.587. The standard InChI is InChI=1S/C24H31BrN2O4/c1-6-21(24(29)26-7-2)27(14-18-9-8-10-19(13-18)30-5)22(28)15-31-20-11-16(3)23(25)17(4)12-20/h8-13,21H,6-7,14-15H2,1-5H3,(H,26,29). The Morgan fingerprint density at radius 2 is 1.77 bits per heavy atom. The van der Waals surface area contributed by atoms with Gasteiger partial charge in [-0.3, -0.25) is 9.59 Å². The Hall–Kier alpha value is -2.54. The molecule has 0 bridgehead atoms. The fourth-order valence-corrected chi connectivity index (χ4v) is 3.63. The quantitative estimate of drug-likeness (QED) is 0.535. The van der Waals surface area contributed by atoms with Gasteiger partial charge in [-0.25, -0.2) is 0 Å². The second kappa shape index (κ2) is 11.7. The van der Waals surface area contributed by atoms with Gasteiger partial charge in [0.15, 0.2) is 6.61 Å². The molecular weight excluding hydrogens is 460 g/mol. The molecule has 1 N–H and O–H groups in total. The predicted octanol–water partition coefficient (Wildman–Crippen LogP) is 4.40. The van der Waals surface area contributed by atoms with E-state index in [1.807, 2.05) is 64.1 Å². The molecule has 0 fully saturated rings. The maximum Gasteiger partial charge on any atom is 0.261 e. The largest absolute Gasteiger partial charge is 0.497 e. The van der Waals surface area contributed by atoms with Crippen LogP contribution in [0.1, 0.15) is 37.0 Å². The van der Waals surface area contributed by atoms with Crippen LogP contribution in [0.5, 0.6) is 11.5 Å². The van der Waals surface area contributed by atoms with Crippen molar-refractivity contribution in [3.8, 4) is 11.5 Å². The van der Waals surface area contributed by atoms with Crippen LogP contribution in [-0.4, -0.2) is 43.0 Å². The molecule has 0 aliphatic heterocycles. The molecule has 1 atom stereocenters. The molecule has 7 heteroatoms. The minimum absolute atomic E-state index is 0.152. The average Bonchev–Trinajstić information content (AvgIpc) is 2.75. The highest BCUT2D eigenvalue weighted by Crippen LogP contribution is 2.26. The van der Waals surface area contributed by atoms with Crippen molar-refractivity contribution in [1.29, 1.82) is 0 Å². The molecule has 0 aliphatic rings. The first-order valence-corrected chi connectivity index (χ1v) is 11.2. The number of nitrogens with zero attached hydrogens (tertiary/aromatic N) is 1. The fraction of sp³-hybridized carbons (Fsp3) is 0.417. The summed E-state index contributed by atoms with van der Waals surface area (Å²) in [5.41, 5.74) is 2.94. The first kappa shape index (κ1) is 24.7. The Morgan fingerprint density at radius 3 is 2.35 bits per heavy atom. The summed E-state index contributed by atoms with van der Waals surface area (Å²) in [6.07, 6.45) is 0.498. The molecule has 2 rings (SSSR count). The second-order valence-electron chi connectivity index (χ2n) is 7.35. The molecule has 2 aromatic rings. The van der Waals surface area contributed by atoms with Crippen molar-refractivity contribution in [2.24, 2.45) is 0 Å². The van der Waals surface area contributed by atoms with Crippen LogP contribution in [0.15, 0.2) is 40.9 Å². The third-order valence-electron chi connectivity index (χ3n) is 5.00. The van der Waals surface area contributed by atoms with E-state index in [0.717, 1.165) is 21.2 Å². The number of hydrogen-bond acceptors (Lipinski definition) is 4. The van der Waals surface area contributed by atoms with Gasteiger partial charge in [0.25, 0.3) is 5.91 Å². The number of ether oxygens (including phenoxy) is 2. The van der Waals surface area contributed by atoms with Crippen LogP contribution >= 0.6 is 15.9 Å². The zero-order valence-electron chi connectivity index (χ0n) is 18.8. The number of rotatable bonds is 10. The minimum Gasteiger partial charge on any atom is -0.497 e. The number of amides is 2. The summed E-state index contributed by atoms with van der Waals surface area (Å²) in [6, 6.07) is 10.7. The van der Waals surface area contributed by atoms with Crippen LogP contribution in [0.4, 0.5) is 0 Å². The molecule has 0 spiro atoms. The zero-order chi connectivity index (χ0) is 23.0. The molecule has 0 aliphatic carbocycles. The van der Waals surface area contributed by atoms with Gasteiger partial charge in [-0.1, -0.05) is 35.0 Å². The lowest BCUT2D eigenvalue weighted by Crippen LogP contribution is -2.50. The van der Waals surface area contributed by atoms with E-state index in [-0.39, 0.29) is 25.0 Å². The lowest BCUT2D eigenvalue weighted by atomic mass is 10.1. The van der Waals surface area contributed by atoms with Gasteiger partial charge in [0.1, 0.15) is 17.5 Å². The number of likely N-dealkylation sites (N-methyl/N-ethyl adjacent to an activating group) is 1. The van der Waals surface area contributed by atoms with E-state index < -0.39 is 6.04 Å². The number of nitrogens with one attached hydrogen (secondary N) is 1. The van der Waals surface area contributed by atoms with Gasteiger partial charge in [-0.15, -0.1) is 0 Å². The lowest BCUT2D eigenvalue weighted by Gasteiger charge is -2.30. The summed E-state index contributed by atoms with van der Waals surface area (Å²) < 4.78 is 12.1. The van der Waals surface area contributed by atoms with E-state index in [9.17, 15) is 9.59 Å². The smallest absolute Gasteiger partial charge is 0.261 e. The number of carbonyl (C=O) groups is 2. The van der Waals surface area contributed by atoms with E-state index in [2.05, 4.69) is 21.2 Å². The molecule has 6 nitrogen and oxygen atoms in total. The van der Waals surface area contributed by atoms with Crippen molar-refractivity contribution in [2.45, 2.75) is 46.7 Å². The first-order chi connectivity index (χ1) is 14.8. The van der Waals surface area contributed by atoms with Crippen molar-refractivity contribution in [1.82, 2.24) is 10.2 Å². The van der Waals surface area contributed by atoms with E-state index in [1.165, 1.54) is 0 Å². The summed E-state index contributed by atoms with van der Waals surface area (Å²) in [7, 11) is 1.60. The zero-order valence-corrected chi connectivity index (χ0v) is 20.4. The topological polar surface area (TPSA) is 67.9 Å². The van der Waals surface area contributed by atoms with Crippen molar-refractivity contribution in [3.63, 3.8) is 0 Å². The molecule has 0 saturated heterocycles. The molecule has 0 heterocycles. The molecule has 31 heavy (non-hydrogen) atoms. The Morgan fingerprint density at radius 1 is 1.10 bits per heavy atom. The Balaban J connectivity index is 2.25. The normalized spacial score (nSPS) is 11.5. The highest BCUT2D eigenvalue weighted by atomic mass is 79.9. The number of benzene rings is 2. The Labute approximate surface area is 193 Å². The number of hydrogen-bond donors (Lipinski definition) is 1. The summed E-state index contributed by atoms with van der Waals surface area (Å²) in [6.45, 7) is 8.35. The molecule has 0 radical (unpaired) electrons. The summed E-state index contributed by atoms with van der Waals surface area (Å²) >= 11 is 3.54. The molecule has 168 valence electrons. The van der Waals surface area contributed by atoms with Crippen LogP contribution in [0.2, 0.25) is 0 Å². The maximum absolute atomic E-state index is 13.2. The molecule has 0 saturated carbocycles. The molecule has 1 unspecified atom stereocenters. The van der Waals surface area contributed by atoms with E-state index >= 15 is 0 Å². The summed E-state index contributed by atoms with van der Waals surface area (Å²) in [5.74, 6) is 0.905. The van der Waals surface area contributed by atoms with Gasteiger partial charge < -0.3 is 19.7 Å². The first-order valence-electron chi connectivity index (χ1n) is 10.4. The molecule has 2 aromatic carbocycles. The van der Waals surface area contributed by atoms with Crippen LogP contribution in [-0.2, 0) is 16.1 Å². The van der Waals surface area contributed by atoms with Crippen molar-refractivity contribution in [2.75, 3.05) is 20.3 Å². The van der Waals surface area contributed by atoms with Gasteiger partial charge in [0.05, 0.1) is 7.11 Å². The fourth-order valence-electron chi connectivity index (χ4n) is 3.40. The summed E-state index contributed by atoms with van der Waals surface area (Å²) in [4.78, 5) is 27.4. The number of aryl methyl sites for hydroxylation is 2. The average molecular weight is 491 g/mol. The second-order valence-corrected chi connectivity index (χ2v) is 8.14. The van der Waals surface area contributed by atoms with Gasteiger partial charge in [0.2, 0.25) is 5.91 Å². The van der Waals surface area contributed by atoms with E-state index in [4.69, 9.17) is 9.47 Å². The molecular formula is C24H31BrN2O4. The monoisotopic (exact) mass is 490 g/mol. The predicted molar refractivity (Wildman–Crippen MR) is 125 cm³/mol. The number of carbonyl (C=O) groups excluding carboxylic acids is 2. The Kier molecular flexibility index (Phi) is 9.37. The van der Waals surface area contributed by atoms with Crippen LogP contribution in [0.25, 0.3) is 0 Å². The van der Waals surface area contributed by atoms with Crippen molar-refractivity contribution in [3.05, 3.63) is 57.6 Å². The Bertz CT molecular complexity index is 893. The van der Waals surface area contributed by atoms with Gasteiger partial charge in [-0.2, -0.15) is 0 Å². The summed E-state index contributed by atoms with van der Waals surface area (Å²) in [5, 5.41) is 2.83. The highest BCUT2D eigenvalue weighted by molar-refractivity contribution is 9.10. The number of methoxy groups -OCH3 is 1. The van der Waals surface area contributed by atoms with Crippen molar-refractivity contribution < 1.29 is 19.1 Å². The van der Waals surface area contributed by atoms with E-state index in [1.54, 1.807) is 12.0 Å². The lowest BCUT2D eigenvalue weighted by molar-refractivity contribution is -0.142. The van der Waals surface area contributed by atoms with Gasteiger partial charge >= 0.3 is 0 Å². The highest BCUT2D eigenvalue weighted by Gasteiger charge is 2.28. The molecule has 0 aromatic heterocycles. The SMILES string of the molecule is CCNC(=O)C(CC)N(Cc1cccc(OC)c1)C(=O)COc1cc(C)c(Br)c(C)c1. The molecule has 2 amide bonds. The van der Waals surface area contributed by atoms with Crippen LogP contribution < -0.4 is 14.8 Å². The number of halogens is 1. The third kappa shape index (κ3) is 6.72. The van der Waals surface area contributed by atoms with Gasteiger partial charge in [-0.05, 0) is 68.1 Å². The van der Waals surface area contributed by atoms with Gasteiger partial charge in [0, 0.05) is 17.6 Å². The maximum atomic E-state index is 13.2. The van der Waals surface area contributed by atoms with Crippen LogP contribution in [0.3, 0.4) is 0 Å². The van der Waals surface area contributed by atoms with Crippen molar-refractivity contribution >= 4 is 27.7 Å². The van der Waals surface area contributed by atoms with E-state index in [0.29, 0.717) is 24.5 Å².